The summed E-state index contributed by atoms with van der Waals surface area (Å²) in [4.78, 5) is 11.9. The number of alkyl halides is 2. The van der Waals surface area contributed by atoms with Gasteiger partial charge in [0.1, 0.15) is 5.75 Å². The van der Waals surface area contributed by atoms with Crippen LogP contribution in [0.1, 0.15) is 20.8 Å². The molecule has 2 aromatic rings. The van der Waals surface area contributed by atoms with Gasteiger partial charge in [-0.3, -0.25) is 4.79 Å². The van der Waals surface area contributed by atoms with E-state index in [1.165, 1.54) is 16.8 Å². The summed E-state index contributed by atoms with van der Waals surface area (Å²) in [6.45, 7) is 3.11. The van der Waals surface area contributed by atoms with Gasteiger partial charge in [-0.25, -0.2) is 4.68 Å². The van der Waals surface area contributed by atoms with Crippen LogP contribution in [0.2, 0.25) is 0 Å². The van der Waals surface area contributed by atoms with Crippen molar-refractivity contribution in [3.8, 4) is 17.1 Å². The first-order valence-corrected chi connectivity index (χ1v) is 8.94. The van der Waals surface area contributed by atoms with Gasteiger partial charge in [-0.15, -0.1) is 10.2 Å². The average Bonchev–Trinajstić information content (AvgIpc) is 2.94. The lowest BCUT2D eigenvalue weighted by atomic mass is 10.1. The zero-order chi connectivity index (χ0) is 19.3. The lowest BCUT2D eigenvalue weighted by Crippen LogP contribution is -2.37. The Bertz CT molecular complexity index is 737. The fraction of sp³-hybridized carbons (Fsp3) is 0.438. The molecule has 1 atom stereocenters. The Kier molecular flexibility index (Phi) is 6.78. The minimum Gasteiger partial charge on any atom is -0.435 e. The van der Waals surface area contributed by atoms with Crippen LogP contribution in [-0.4, -0.2) is 39.2 Å². The summed E-state index contributed by atoms with van der Waals surface area (Å²) in [5.41, 5.74) is 0.589. The molecule has 0 spiro atoms. The Morgan fingerprint density at radius 1 is 1.27 bits per heavy atom. The number of nitrogens with two attached hydrogens (primary N) is 1. The Labute approximate surface area is 154 Å². The normalized spacial score (nSPS) is 12.4. The van der Waals surface area contributed by atoms with Crippen LogP contribution in [0.4, 0.5) is 8.78 Å². The van der Waals surface area contributed by atoms with Gasteiger partial charge in [0.05, 0.1) is 5.75 Å². The standard InChI is InChI=1S/C16H21F2N5O2S/c1-9(2)10(3)20-13(24)8-26-16-22-21-14(23(16)19)11-4-6-12(7-5-11)25-15(17)18/h4-7,9-10,15H,8,19H2,1-3H3,(H,20,24). The van der Waals surface area contributed by atoms with Crippen molar-refractivity contribution in [2.75, 3.05) is 11.6 Å². The first-order chi connectivity index (χ1) is 12.3. The molecule has 0 fully saturated rings. The quantitative estimate of drug-likeness (QED) is 0.536. The summed E-state index contributed by atoms with van der Waals surface area (Å²) in [6, 6.07) is 5.96. The maximum absolute atomic E-state index is 12.2. The molecule has 0 radical (unpaired) electrons. The average molecular weight is 385 g/mol. The molecule has 7 nitrogen and oxygen atoms in total. The number of nitrogen functional groups attached to an aromatic ring is 1. The number of hydrogen-bond acceptors (Lipinski definition) is 6. The number of halogens is 2. The molecule has 1 aromatic carbocycles. The maximum atomic E-state index is 12.2. The Hall–Kier alpha value is -2.36. The van der Waals surface area contributed by atoms with E-state index >= 15 is 0 Å². The second-order valence-corrected chi connectivity index (χ2v) is 6.91. The van der Waals surface area contributed by atoms with Crippen LogP contribution in [-0.2, 0) is 4.79 Å². The zero-order valence-electron chi connectivity index (χ0n) is 14.6. The van der Waals surface area contributed by atoms with Crippen LogP contribution in [0.25, 0.3) is 11.4 Å². The van der Waals surface area contributed by atoms with E-state index < -0.39 is 6.61 Å². The molecule has 0 bridgehead atoms. The Morgan fingerprint density at radius 3 is 2.50 bits per heavy atom. The first kappa shape index (κ1) is 20.0. The molecule has 1 aromatic heterocycles. The van der Waals surface area contributed by atoms with Gasteiger partial charge in [0, 0.05) is 11.6 Å². The van der Waals surface area contributed by atoms with Gasteiger partial charge in [0.2, 0.25) is 11.1 Å². The predicted octanol–water partition coefficient (Wildman–Crippen LogP) is 2.51. The minimum absolute atomic E-state index is 0.0392. The SMILES string of the molecule is CC(C)C(C)NC(=O)CSc1nnc(-c2ccc(OC(F)F)cc2)n1N. The highest BCUT2D eigenvalue weighted by Crippen LogP contribution is 2.24. The van der Waals surface area contributed by atoms with E-state index in [0.717, 1.165) is 11.8 Å². The summed E-state index contributed by atoms with van der Waals surface area (Å²) in [5.74, 6) is 6.75. The van der Waals surface area contributed by atoms with E-state index in [1.807, 2.05) is 20.8 Å². The molecule has 0 aliphatic rings. The molecule has 1 amide bonds. The minimum atomic E-state index is -2.88. The summed E-state index contributed by atoms with van der Waals surface area (Å²) in [7, 11) is 0. The molecule has 1 unspecified atom stereocenters. The van der Waals surface area contributed by atoms with Crippen molar-refractivity contribution in [2.24, 2.45) is 5.92 Å². The van der Waals surface area contributed by atoms with Gasteiger partial charge >= 0.3 is 6.61 Å². The van der Waals surface area contributed by atoms with Crippen molar-refractivity contribution >= 4 is 17.7 Å². The van der Waals surface area contributed by atoms with Crippen molar-refractivity contribution in [2.45, 2.75) is 38.6 Å². The number of benzene rings is 1. The zero-order valence-corrected chi connectivity index (χ0v) is 15.5. The van der Waals surface area contributed by atoms with Gasteiger partial charge in [-0.05, 0) is 37.1 Å². The van der Waals surface area contributed by atoms with Crippen LogP contribution in [0.3, 0.4) is 0 Å². The molecule has 26 heavy (non-hydrogen) atoms. The summed E-state index contributed by atoms with van der Waals surface area (Å²) >= 11 is 1.16. The van der Waals surface area contributed by atoms with Gasteiger partial charge in [0.15, 0.2) is 5.82 Å². The number of carbonyl (C=O) groups excluding carboxylic acids is 1. The first-order valence-electron chi connectivity index (χ1n) is 7.95. The van der Waals surface area contributed by atoms with E-state index in [-0.39, 0.29) is 23.5 Å². The second kappa shape index (κ2) is 8.84. The molecule has 1 heterocycles. The van der Waals surface area contributed by atoms with Crippen molar-refractivity contribution in [1.29, 1.82) is 0 Å². The van der Waals surface area contributed by atoms with Crippen molar-refractivity contribution in [3.05, 3.63) is 24.3 Å². The Balaban J connectivity index is 2.00. The fourth-order valence-electron chi connectivity index (χ4n) is 1.95. The summed E-state index contributed by atoms with van der Waals surface area (Å²) in [5, 5.41) is 11.2. The van der Waals surface area contributed by atoms with Crippen LogP contribution in [0.15, 0.2) is 29.4 Å². The molecule has 3 N–H and O–H groups in total. The van der Waals surface area contributed by atoms with Crippen LogP contribution < -0.4 is 15.9 Å². The second-order valence-electron chi connectivity index (χ2n) is 5.97. The monoisotopic (exact) mass is 385 g/mol. The molecular formula is C16H21F2N5O2S. The Morgan fingerprint density at radius 2 is 1.92 bits per heavy atom. The van der Waals surface area contributed by atoms with Gasteiger partial charge < -0.3 is 15.9 Å². The topological polar surface area (TPSA) is 95.1 Å². The molecule has 0 saturated carbocycles. The third-order valence-electron chi connectivity index (χ3n) is 3.72. The number of rotatable bonds is 8. The van der Waals surface area contributed by atoms with Crippen LogP contribution >= 0.6 is 11.8 Å². The van der Waals surface area contributed by atoms with Crippen molar-refractivity contribution in [1.82, 2.24) is 20.2 Å². The third kappa shape index (κ3) is 5.32. The van der Waals surface area contributed by atoms with E-state index in [0.29, 0.717) is 22.5 Å². The number of nitrogens with zero attached hydrogens (tertiary/aromatic N) is 3. The molecule has 10 heteroatoms. The van der Waals surface area contributed by atoms with Crippen molar-refractivity contribution in [3.63, 3.8) is 0 Å². The number of carbonyl (C=O) groups is 1. The fourth-order valence-corrected chi connectivity index (χ4v) is 2.62. The maximum Gasteiger partial charge on any atom is 0.387 e. The van der Waals surface area contributed by atoms with Crippen molar-refractivity contribution < 1.29 is 18.3 Å². The largest absolute Gasteiger partial charge is 0.435 e. The number of thioether (sulfide) groups is 1. The van der Waals surface area contributed by atoms with Crippen LogP contribution in [0, 0.1) is 5.92 Å². The molecule has 142 valence electrons. The number of hydrogen-bond donors (Lipinski definition) is 2. The molecular weight excluding hydrogens is 364 g/mol. The number of aromatic nitrogens is 3. The van der Waals surface area contributed by atoms with E-state index in [9.17, 15) is 13.6 Å². The molecule has 0 aliphatic carbocycles. The van der Waals surface area contributed by atoms with Gasteiger partial charge in [-0.1, -0.05) is 25.6 Å². The molecule has 2 rings (SSSR count). The highest BCUT2D eigenvalue weighted by Gasteiger charge is 2.16. The van der Waals surface area contributed by atoms with Crippen LogP contribution in [0.5, 0.6) is 5.75 Å². The third-order valence-corrected chi connectivity index (χ3v) is 4.67. The molecule has 0 aliphatic heterocycles. The lowest BCUT2D eigenvalue weighted by Gasteiger charge is -2.16. The highest BCUT2D eigenvalue weighted by molar-refractivity contribution is 7.99. The molecule has 0 saturated heterocycles. The van der Waals surface area contributed by atoms with E-state index in [1.54, 1.807) is 12.1 Å². The number of nitrogens with one attached hydrogen (secondary N) is 1. The summed E-state index contributed by atoms with van der Waals surface area (Å²) < 4.78 is 29.9. The van der Waals surface area contributed by atoms with E-state index in [4.69, 9.17) is 5.84 Å². The number of amides is 1. The number of ether oxygens (including phenoxy) is 1. The van der Waals surface area contributed by atoms with E-state index in [2.05, 4.69) is 20.3 Å². The van der Waals surface area contributed by atoms with Gasteiger partial charge in [-0.2, -0.15) is 8.78 Å². The lowest BCUT2D eigenvalue weighted by molar-refractivity contribution is -0.119. The van der Waals surface area contributed by atoms with Gasteiger partial charge in [0.25, 0.3) is 0 Å². The smallest absolute Gasteiger partial charge is 0.387 e. The predicted molar refractivity (Wildman–Crippen MR) is 95.4 cm³/mol. The highest BCUT2D eigenvalue weighted by atomic mass is 32.2. The summed E-state index contributed by atoms with van der Waals surface area (Å²) in [6.07, 6.45) is 0.